The molecule has 0 aromatic carbocycles. The summed E-state index contributed by atoms with van der Waals surface area (Å²) < 4.78 is 1.72. The number of aromatic nitrogens is 2. The molecule has 0 saturated heterocycles. The van der Waals surface area contributed by atoms with Gasteiger partial charge in [0.25, 0.3) is 5.91 Å². The highest BCUT2D eigenvalue weighted by atomic mass is 16.6. The fraction of sp³-hybridized carbons (Fsp3) is 0.556. The first-order valence-corrected chi connectivity index (χ1v) is 4.62. The zero-order chi connectivity index (χ0) is 10.6. The number of rotatable bonds is 4. The number of hydrogen-bond acceptors (Lipinski definition) is 3. The van der Waals surface area contributed by atoms with Crippen LogP contribution in [0.2, 0.25) is 0 Å². The topological polar surface area (TPSA) is 56.1 Å². The number of nitrogens with one attached hydrogen (secondary N) is 1. The molecular formula is C9H15N3O2. The zero-order valence-electron chi connectivity index (χ0n) is 8.65. The van der Waals surface area contributed by atoms with Gasteiger partial charge in [-0.3, -0.25) is 14.3 Å². The summed E-state index contributed by atoms with van der Waals surface area (Å²) >= 11 is 0. The van der Waals surface area contributed by atoms with Crippen molar-refractivity contribution in [1.82, 2.24) is 15.3 Å². The van der Waals surface area contributed by atoms with E-state index in [0.29, 0.717) is 12.3 Å². The van der Waals surface area contributed by atoms with Gasteiger partial charge in [-0.25, -0.2) is 5.48 Å². The number of carbonyl (C=O) groups excluding carboxylic acids is 1. The van der Waals surface area contributed by atoms with Crippen molar-refractivity contribution < 1.29 is 9.63 Å². The minimum atomic E-state index is -0.314. The summed E-state index contributed by atoms with van der Waals surface area (Å²) in [4.78, 5) is 16.1. The summed E-state index contributed by atoms with van der Waals surface area (Å²) in [6.45, 7) is 6.23. The Labute approximate surface area is 83.0 Å². The van der Waals surface area contributed by atoms with E-state index < -0.39 is 0 Å². The first kappa shape index (κ1) is 10.7. The van der Waals surface area contributed by atoms with E-state index in [1.165, 1.54) is 0 Å². The first-order valence-electron chi connectivity index (χ1n) is 4.62. The number of hydrogen-bond donors (Lipinski definition) is 1. The molecule has 0 unspecified atom stereocenters. The molecule has 1 amide bonds. The van der Waals surface area contributed by atoms with Crippen LogP contribution in [0.15, 0.2) is 12.3 Å². The van der Waals surface area contributed by atoms with Crippen molar-refractivity contribution in [2.75, 3.05) is 6.61 Å². The van der Waals surface area contributed by atoms with Gasteiger partial charge in [-0.05, 0) is 26.8 Å². The van der Waals surface area contributed by atoms with Crippen molar-refractivity contribution in [1.29, 1.82) is 0 Å². The van der Waals surface area contributed by atoms with Gasteiger partial charge in [0.1, 0.15) is 0 Å². The molecule has 0 saturated carbocycles. The van der Waals surface area contributed by atoms with Crippen LogP contribution in [0.25, 0.3) is 0 Å². The molecule has 0 aliphatic carbocycles. The highest BCUT2D eigenvalue weighted by Crippen LogP contribution is 2.03. The van der Waals surface area contributed by atoms with Gasteiger partial charge in [-0.15, -0.1) is 0 Å². The molecular weight excluding hydrogens is 182 g/mol. The maximum atomic E-state index is 11.3. The Morgan fingerprint density at radius 3 is 2.93 bits per heavy atom. The Kier molecular flexibility index (Phi) is 3.64. The predicted octanol–water partition coefficient (Wildman–Crippen LogP) is 1.15. The van der Waals surface area contributed by atoms with Crippen LogP contribution < -0.4 is 5.48 Å². The quantitative estimate of drug-likeness (QED) is 0.736. The molecule has 0 radical (unpaired) electrons. The molecule has 0 bridgehead atoms. The van der Waals surface area contributed by atoms with Crippen molar-refractivity contribution in [3.05, 3.63) is 18.0 Å². The van der Waals surface area contributed by atoms with E-state index in [1.807, 2.05) is 13.8 Å². The van der Waals surface area contributed by atoms with Crippen molar-refractivity contribution in [3.8, 4) is 0 Å². The van der Waals surface area contributed by atoms with Gasteiger partial charge >= 0.3 is 0 Å². The highest BCUT2D eigenvalue weighted by molar-refractivity contribution is 5.91. The summed E-state index contributed by atoms with van der Waals surface area (Å²) in [7, 11) is 0. The van der Waals surface area contributed by atoms with Crippen molar-refractivity contribution in [2.24, 2.45) is 0 Å². The van der Waals surface area contributed by atoms with Crippen LogP contribution in [0.1, 0.15) is 37.3 Å². The molecule has 5 nitrogen and oxygen atoms in total. The summed E-state index contributed by atoms with van der Waals surface area (Å²) in [5.41, 5.74) is 2.65. The van der Waals surface area contributed by atoms with Crippen LogP contribution in [-0.4, -0.2) is 22.3 Å². The molecule has 1 rings (SSSR count). The van der Waals surface area contributed by atoms with E-state index in [2.05, 4.69) is 10.6 Å². The second-order valence-corrected chi connectivity index (χ2v) is 3.14. The molecule has 1 N–H and O–H groups in total. The van der Waals surface area contributed by atoms with Crippen molar-refractivity contribution in [3.63, 3.8) is 0 Å². The summed E-state index contributed by atoms with van der Waals surface area (Å²) in [6.07, 6.45) is 1.77. The highest BCUT2D eigenvalue weighted by Gasteiger charge is 2.09. The van der Waals surface area contributed by atoms with E-state index in [-0.39, 0.29) is 11.9 Å². The zero-order valence-corrected chi connectivity index (χ0v) is 8.65. The molecule has 78 valence electrons. The Balaban J connectivity index is 2.62. The SMILES string of the molecule is CCONC(=O)c1ccn(C(C)C)n1. The molecule has 14 heavy (non-hydrogen) atoms. The molecule has 1 heterocycles. The maximum absolute atomic E-state index is 11.3. The Bertz CT molecular complexity index is 307. The first-order chi connectivity index (χ1) is 6.65. The Hall–Kier alpha value is -1.36. The van der Waals surface area contributed by atoms with Gasteiger partial charge in [0.2, 0.25) is 0 Å². The lowest BCUT2D eigenvalue weighted by Gasteiger charge is -2.04. The van der Waals surface area contributed by atoms with Gasteiger partial charge in [-0.2, -0.15) is 5.10 Å². The number of nitrogens with zero attached hydrogens (tertiary/aromatic N) is 2. The monoisotopic (exact) mass is 197 g/mol. The predicted molar refractivity (Wildman–Crippen MR) is 51.7 cm³/mol. The summed E-state index contributed by atoms with van der Waals surface area (Å²) in [5, 5.41) is 4.09. The molecule has 0 aliphatic heterocycles. The van der Waals surface area contributed by atoms with Crippen molar-refractivity contribution >= 4 is 5.91 Å². The molecule has 0 spiro atoms. The third-order valence-electron chi connectivity index (χ3n) is 1.68. The second kappa shape index (κ2) is 4.76. The minimum Gasteiger partial charge on any atom is -0.274 e. The van der Waals surface area contributed by atoms with Crippen LogP contribution in [-0.2, 0) is 4.84 Å². The van der Waals surface area contributed by atoms with Crippen LogP contribution >= 0.6 is 0 Å². The van der Waals surface area contributed by atoms with E-state index in [0.717, 1.165) is 0 Å². The van der Waals surface area contributed by atoms with Gasteiger partial charge < -0.3 is 0 Å². The Morgan fingerprint density at radius 1 is 1.71 bits per heavy atom. The van der Waals surface area contributed by atoms with Crippen molar-refractivity contribution in [2.45, 2.75) is 26.8 Å². The second-order valence-electron chi connectivity index (χ2n) is 3.14. The van der Waals surface area contributed by atoms with Gasteiger partial charge in [0.05, 0.1) is 6.61 Å². The van der Waals surface area contributed by atoms with E-state index in [1.54, 1.807) is 23.9 Å². The third-order valence-corrected chi connectivity index (χ3v) is 1.68. The van der Waals surface area contributed by atoms with Gasteiger partial charge in [0, 0.05) is 12.2 Å². The van der Waals surface area contributed by atoms with Crippen LogP contribution in [0.4, 0.5) is 0 Å². The normalized spacial score (nSPS) is 10.6. The minimum absolute atomic E-state index is 0.253. The smallest absolute Gasteiger partial charge is 0.274 e. The van der Waals surface area contributed by atoms with Crippen LogP contribution in [0, 0.1) is 0 Å². The average Bonchev–Trinajstić information content (AvgIpc) is 2.62. The summed E-state index contributed by atoms with van der Waals surface area (Å²) in [6, 6.07) is 1.91. The van der Waals surface area contributed by atoms with Gasteiger partial charge in [0.15, 0.2) is 5.69 Å². The largest absolute Gasteiger partial charge is 0.295 e. The van der Waals surface area contributed by atoms with Crippen LogP contribution in [0.3, 0.4) is 0 Å². The van der Waals surface area contributed by atoms with E-state index in [9.17, 15) is 4.79 Å². The lowest BCUT2D eigenvalue weighted by Crippen LogP contribution is -2.24. The maximum Gasteiger partial charge on any atom is 0.295 e. The fourth-order valence-corrected chi connectivity index (χ4v) is 0.937. The number of hydroxylamine groups is 1. The molecule has 0 atom stereocenters. The standard InChI is InChI=1S/C9H15N3O2/c1-4-14-11-9(13)8-5-6-12(10-8)7(2)3/h5-7H,4H2,1-3H3,(H,11,13). The fourth-order valence-electron chi connectivity index (χ4n) is 0.937. The number of amides is 1. The molecule has 0 aliphatic rings. The van der Waals surface area contributed by atoms with Gasteiger partial charge in [-0.1, -0.05) is 0 Å². The third kappa shape index (κ3) is 2.56. The molecule has 0 fully saturated rings. The van der Waals surface area contributed by atoms with E-state index >= 15 is 0 Å². The summed E-state index contributed by atoms with van der Waals surface area (Å²) in [5.74, 6) is -0.314. The molecule has 5 heteroatoms. The molecule has 1 aromatic heterocycles. The average molecular weight is 197 g/mol. The molecule has 1 aromatic rings. The van der Waals surface area contributed by atoms with E-state index in [4.69, 9.17) is 4.84 Å². The lowest BCUT2D eigenvalue weighted by atomic mass is 10.4. The van der Waals surface area contributed by atoms with Crippen LogP contribution in [0.5, 0.6) is 0 Å². The number of carbonyl (C=O) groups is 1. The Morgan fingerprint density at radius 2 is 2.43 bits per heavy atom. The lowest BCUT2D eigenvalue weighted by molar-refractivity contribution is 0.0359.